The average molecular weight is 176 g/mol. The molecule has 2 nitrogen and oxygen atoms in total. The van der Waals surface area contributed by atoms with Gasteiger partial charge in [0.25, 0.3) is 0 Å². The molecule has 0 atom stereocenters. The molecule has 0 aliphatic rings. The molecule has 0 amide bonds. The van der Waals surface area contributed by atoms with E-state index in [1.54, 1.807) is 18.3 Å². The second-order valence-electron chi connectivity index (χ2n) is 2.82. The topological polar surface area (TPSA) is 41.8 Å². The summed E-state index contributed by atoms with van der Waals surface area (Å²) in [5, 5.41) is 0. The second-order valence-corrected chi connectivity index (χ2v) is 2.82. The molecule has 0 fully saturated rings. The minimum atomic E-state index is -0.258. The number of nitrogens with one attached hydrogen (secondary N) is 1. The van der Waals surface area contributed by atoms with Gasteiger partial charge in [-0.05, 0) is 18.2 Å². The normalized spacial score (nSPS) is 10.2. The van der Waals surface area contributed by atoms with E-state index in [9.17, 15) is 4.39 Å². The Hall–Kier alpha value is -1.77. The Balaban J connectivity index is 2.53. The van der Waals surface area contributed by atoms with Crippen molar-refractivity contribution >= 4 is 5.69 Å². The Labute approximate surface area is 75.2 Å². The Morgan fingerprint density at radius 3 is 2.69 bits per heavy atom. The van der Waals surface area contributed by atoms with E-state index in [2.05, 4.69) is 4.98 Å². The lowest BCUT2D eigenvalue weighted by molar-refractivity contribution is 0.628. The van der Waals surface area contributed by atoms with Gasteiger partial charge in [-0.15, -0.1) is 0 Å². The van der Waals surface area contributed by atoms with Crippen LogP contribution in [0.3, 0.4) is 0 Å². The number of hydrogen-bond acceptors (Lipinski definition) is 1. The first-order valence-corrected chi connectivity index (χ1v) is 3.96. The minimum absolute atomic E-state index is 0.258. The van der Waals surface area contributed by atoms with E-state index >= 15 is 0 Å². The Morgan fingerprint density at radius 2 is 2.08 bits per heavy atom. The van der Waals surface area contributed by atoms with E-state index in [0.29, 0.717) is 5.69 Å². The van der Waals surface area contributed by atoms with Crippen molar-refractivity contribution in [2.75, 3.05) is 5.73 Å². The van der Waals surface area contributed by atoms with Crippen molar-refractivity contribution in [3.05, 3.63) is 42.3 Å². The molecule has 2 rings (SSSR count). The molecule has 1 aromatic carbocycles. The minimum Gasteiger partial charge on any atom is -0.397 e. The fraction of sp³-hybridized carbons (Fsp3) is 0. The fourth-order valence-corrected chi connectivity index (χ4v) is 1.28. The summed E-state index contributed by atoms with van der Waals surface area (Å²) in [5.41, 5.74) is 7.83. The summed E-state index contributed by atoms with van der Waals surface area (Å²) in [6.07, 6.45) is 1.73. The van der Waals surface area contributed by atoms with Crippen molar-refractivity contribution in [1.29, 1.82) is 0 Å². The zero-order chi connectivity index (χ0) is 9.26. The third-order valence-corrected chi connectivity index (χ3v) is 1.89. The predicted molar refractivity (Wildman–Crippen MR) is 50.6 cm³/mol. The van der Waals surface area contributed by atoms with Crippen LogP contribution in [0.2, 0.25) is 0 Å². The highest BCUT2D eigenvalue weighted by molar-refractivity contribution is 5.72. The van der Waals surface area contributed by atoms with Crippen LogP contribution in [0.5, 0.6) is 0 Å². The van der Waals surface area contributed by atoms with E-state index in [1.807, 2.05) is 6.07 Å². The highest BCUT2D eigenvalue weighted by Gasteiger charge is 2.03. The van der Waals surface area contributed by atoms with Crippen molar-refractivity contribution in [1.82, 2.24) is 4.98 Å². The lowest BCUT2D eigenvalue weighted by Gasteiger charge is -1.99. The molecule has 3 heteroatoms. The Bertz CT molecular complexity index is 420. The van der Waals surface area contributed by atoms with Gasteiger partial charge < -0.3 is 10.7 Å². The molecule has 0 bridgehead atoms. The number of aromatic amines is 1. The SMILES string of the molecule is Nc1cc[nH]c1-c1cccc(F)c1. The molecule has 0 radical (unpaired) electrons. The number of nitrogens with two attached hydrogens (primary N) is 1. The largest absolute Gasteiger partial charge is 0.397 e. The zero-order valence-corrected chi connectivity index (χ0v) is 6.92. The molecule has 0 unspecified atom stereocenters. The Morgan fingerprint density at radius 1 is 1.23 bits per heavy atom. The number of benzene rings is 1. The van der Waals surface area contributed by atoms with Gasteiger partial charge in [0.2, 0.25) is 0 Å². The van der Waals surface area contributed by atoms with E-state index in [4.69, 9.17) is 5.73 Å². The average Bonchev–Trinajstić information content (AvgIpc) is 2.51. The summed E-state index contributed by atoms with van der Waals surface area (Å²) in [4.78, 5) is 2.96. The second kappa shape index (κ2) is 2.94. The summed E-state index contributed by atoms with van der Waals surface area (Å²) in [5.74, 6) is -0.258. The van der Waals surface area contributed by atoms with Crippen molar-refractivity contribution in [2.45, 2.75) is 0 Å². The van der Waals surface area contributed by atoms with E-state index in [-0.39, 0.29) is 5.82 Å². The van der Waals surface area contributed by atoms with Crippen LogP contribution in [-0.2, 0) is 0 Å². The van der Waals surface area contributed by atoms with Crippen LogP contribution in [0.1, 0.15) is 0 Å². The standard InChI is InChI=1S/C10H9FN2/c11-8-3-1-2-7(6-8)10-9(12)4-5-13-10/h1-6,13H,12H2. The van der Waals surface area contributed by atoms with Crippen LogP contribution < -0.4 is 5.73 Å². The number of H-pyrrole nitrogens is 1. The number of anilines is 1. The molecule has 0 aliphatic carbocycles. The van der Waals surface area contributed by atoms with Crippen LogP contribution in [0.4, 0.5) is 10.1 Å². The summed E-state index contributed by atoms with van der Waals surface area (Å²) in [7, 11) is 0. The highest BCUT2D eigenvalue weighted by atomic mass is 19.1. The van der Waals surface area contributed by atoms with Gasteiger partial charge in [-0.3, -0.25) is 0 Å². The number of rotatable bonds is 1. The molecule has 1 heterocycles. The summed E-state index contributed by atoms with van der Waals surface area (Å²) in [6.45, 7) is 0. The smallest absolute Gasteiger partial charge is 0.123 e. The van der Waals surface area contributed by atoms with Crippen molar-refractivity contribution in [2.24, 2.45) is 0 Å². The highest BCUT2D eigenvalue weighted by Crippen LogP contribution is 2.23. The molecular weight excluding hydrogens is 167 g/mol. The van der Waals surface area contributed by atoms with Gasteiger partial charge in [-0.1, -0.05) is 12.1 Å². The first-order chi connectivity index (χ1) is 6.27. The molecule has 13 heavy (non-hydrogen) atoms. The molecule has 2 aromatic rings. The maximum absolute atomic E-state index is 12.8. The van der Waals surface area contributed by atoms with Crippen LogP contribution in [0.15, 0.2) is 36.5 Å². The molecule has 0 saturated carbocycles. The molecule has 1 aromatic heterocycles. The predicted octanol–water partition coefficient (Wildman–Crippen LogP) is 2.40. The van der Waals surface area contributed by atoms with Gasteiger partial charge in [0.15, 0.2) is 0 Å². The van der Waals surface area contributed by atoms with Gasteiger partial charge in [-0.2, -0.15) is 0 Å². The van der Waals surface area contributed by atoms with Crippen molar-refractivity contribution < 1.29 is 4.39 Å². The molecule has 0 spiro atoms. The third kappa shape index (κ3) is 1.40. The lowest BCUT2D eigenvalue weighted by Crippen LogP contribution is -1.86. The van der Waals surface area contributed by atoms with Gasteiger partial charge in [0.05, 0.1) is 11.4 Å². The van der Waals surface area contributed by atoms with Crippen molar-refractivity contribution in [3.8, 4) is 11.3 Å². The van der Waals surface area contributed by atoms with Crippen LogP contribution in [-0.4, -0.2) is 4.98 Å². The lowest BCUT2D eigenvalue weighted by atomic mass is 10.1. The van der Waals surface area contributed by atoms with Crippen LogP contribution in [0, 0.1) is 5.82 Å². The maximum Gasteiger partial charge on any atom is 0.123 e. The molecular formula is C10H9FN2. The zero-order valence-electron chi connectivity index (χ0n) is 6.92. The van der Waals surface area contributed by atoms with Gasteiger partial charge in [0, 0.05) is 11.8 Å². The maximum atomic E-state index is 12.8. The van der Waals surface area contributed by atoms with E-state index in [0.717, 1.165) is 11.3 Å². The quantitative estimate of drug-likeness (QED) is 0.688. The van der Waals surface area contributed by atoms with Crippen LogP contribution in [0.25, 0.3) is 11.3 Å². The first kappa shape index (κ1) is 7.86. The first-order valence-electron chi connectivity index (χ1n) is 3.96. The van der Waals surface area contributed by atoms with Crippen molar-refractivity contribution in [3.63, 3.8) is 0 Å². The van der Waals surface area contributed by atoms with Gasteiger partial charge in [0.1, 0.15) is 5.82 Å². The number of halogens is 1. The molecule has 0 aliphatic heterocycles. The molecule has 3 N–H and O–H groups in total. The number of nitrogen functional groups attached to an aromatic ring is 1. The molecule has 0 saturated heterocycles. The van der Waals surface area contributed by atoms with E-state index in [1.165, 1.54) is 12.1 Å². The summed E-state index contributed by atoms with van der Waals surface area (Å²) in [6, 6.07) is 8.07. The fourth-order valence-electron chi connectivity index (χ4n) is 1.28. The number of aromatic nitrogens is 1. The Kier molecular flexibility index (Phi) is 1.77. The molecule has 66 valence electrons. The van der Waals surface area contributed by atoms with Crippen LogP contribution >= 0.6 is 0 Å². The van der Waals surface area contributed by atoms with Gasteiger partial charge in [-0.25, -0.2) is 4.39 Å². The van der Waals surface area contributed by atoms with Gasteiger partial charge >= 0.3 is 0 Å². The summed E-state index contributed by atoms with van der Waals surface area (Å²) < 4.78 is 12.8. The third-order valence-electron chi connectivity index (χ3n) is 1.89. The monoisotopic (exact) mass is 176 g/mol. The number of hydrogen-bond donors (Lipinski definition) is 2. The summed E-state index contributed by atoms with van der Waals surface area (Å²) >= 11 is 0. The van der Waals surface area contributed by atoms with E-state index < -0.39 is 0 Å².